The number of nitrogens with one attached hydrogen (secondary N) is 2. The van der Waals surface area contributed by atoms with Crippen molar-refractivity contribution in [3.05, 3.63) is 0 Å². The van der Waals surface area contributed by atoms with E-state index in [9.17, 15) is 0 Å². The van der Waals surface area contributed by atoms with Gasteiger partial charge in [-0.05, 0) is 58.0 Å². The molecule has 0 aromatic heterocycles. The number of piperidine rings is 1. The van der Waals surface area contributed by atoms with Crippen LogP contribution in [-0.4, -0.2) is 38.4 Å². The molecule has 2 fully saturated rings. The minimum Gasteiger partial charge on any atom is -0.380 e. The van der Waals surface area contributed by atoms with Crippen LogP contribution >= 0.6 is 0 Å². The molecule has 1 aliphatic heterocycles. The quantitative estimate of drug-likeness (QED) is 0.763. The van der Waals surface area contributed by atoms with Crippen molar-refractivity contribution in [2.45, 2.75) is 57.2 Å². The molecular weight excluding hydrogens is 200 g/mol. The van der Waals surface area contributed by atoms with E-state index in [0.717, 1.165) is 5.92 Å². The van der Waals surface area contributed by atoms with Crippen LogP contribution in [-0.2, 0) is 4.74 Å². The fourth-order valence-corrected chi connectivity index (χ4v) is 3.18. The van der Waals surface area contributed by atoms with Crippen LogP contribution in [0.25, 0.3) is 0 Å². The van der Waals surface area contributed by atoms with Gasteiger partial charge in [-0.25, -0.2) is 0 Å². The molecule has 94 valence electrons. The summed E-state index contributed by atoms with van der Waals surface area (Å²) in [5, 5.41) is 7.23. The van der Waals surface area contributed by atoms with Gasteiger partial charge in [0, 0.05) is 19.2 Å². The first-order valence-electron chi connectivity index (χ1n) is 6.79. The van der Waals surface area contributed by atoms with Crippen LogP contribution in [0.1, 0.15) is 39.0 Å². The highest BCUT2D eigenvalue weighted by Gasteiger charge is 2.27. The van der Waals surface area contributed by atoms with Crippen molar-refractivity contribution in [2.75, 3.05) is 20.2 Å². The Kier molecular flexibility index (Phi) is 4.62. The maximum Gasteiger partial charge on any atom is 0.0724 e. The highest BCUT2D eigenvalue weighted by Crippen LogP contribution is 2.22. The van der Waals surface area contributed by atoms with E-state index >= 15 is 0 Å². The van der Waals surface area contributed by atoms with Gasteiger partial charge in [-0.2, -0.15) is 0 Å². The van der Waals surface area contributed by atoms with E-state index in [1.807, 2.05) is 7.11 Å². The van der Waals surface area contributed by atoms with Crippen molar-refractivity contribution in [1.29, 1.82) is 0 Å². The van der Waals surface area contributed by atoms with Crippen LogP contribution in [0.15, 0.2) is 0 Å². The highest BCUT2D eigenvalue weighted by molar-refractivity contribution is 4.85. The van der Waals surface area contributed by atoms with Crippen molar-refractivity contribution in [3.63, 3.8) is 0 Å². The number of rotatable bonds is 4. The second-order valence-corrected chi connectivity index (χ2v) is 5.47. The average Bonchev–Trinajstić information content (AvgIpc) is 2.74. The third kappa shape index (κ3) is 3.19. The van der Waals surface area contributed by atoms with E-state index in [0.29, 0.717) is 18.2 Å². The second-order valence-electron chi connectivity index (χ2n) is 5.47. The summed E-state index contributed by atoms with van der Waals surface area (Å²) in [6.45, 7) is 4.65. The monoisotopic (exact) mass is 226 g/mol. The molecule has 3 heteroatoms. The summed E-state index contributed by atoms with van der Waals surface area (Å²) >= 11 is 0. The third-order valence-electron chi connectivity index (χ3n) is 4.16. The van der Waals surface area contributed by atoms with Crippen LogP contribution in [0.5, 0.6) is 0 Å². The summed E-state index contributed by atoms with van der Waals surface area (Å²) < 4.78 is 5.51. The van der Waals surface area contributed by atoms with Gasteiger partial charge < -0.3 is 15.4 Å². The Bertz CT molecular complexity index is 210. The summed E-state index contributed by atoms with van der Waals surface area (Å²) in [4.78, 5) is 0. The number of methoxy groups -OCH3 is 1. The van der Waals surface area contributed by atoms with Gasteiger partial charge >= 0.3 is 0 Å². The highest BCUT2D eigenvalue weighted by atomic mass is 16.5. The van der Waals surface area contributed by atoms with Crippen LogP contribution in [0.4, 0.5) is 0 Å². The Hall–Kier alpha value is -0.120. The maximum atomic E-state index is 5.51. The molecule has 1 saturated heterocycles. The van der Waals surface area contributed by atoms with Crippen molar-refractivity contribution in [1.82, 2.24) is 10.6 Å². The van der Waals surface area contributed by atoms with E-state index in [1.54, 1.807) is 0 Å². The second kappa shape index (κ2) is 5.99. The first-order chi connectivity index (χ1) is 7.79. The summed E-state index contributed by atoms with van der Waals surface area (Å²) in [5.74, 6) is 0.856. The molecule has 2 rings (SSSR count). The van der Waals surface area contributed by atoms with Crippen LogP contribution in [0.2, 0.25) is 0 Å². The average molecular weight is 226 g/mol. The Morgan fingerprint density at radius 1 is 1.31 bits per heavy atom. The van der Waals surface area contributed by atoms with E-state index in [-0.39, 0.29) is 0 Å². The first-order valence-corrected chi connectivity index (χ1v) is 6.79. The SMILES string of the molecule is COC1CCCC1NCC1CCNC(C)C1. The molecule has 0 aromatic carbocycles. The Balaban J connectivity index is 1.70. The van der Waals surface area contributed by atoms with Gasteiger partial charge in [0.05, 0.1) is 6.10 Å². The Morgan fingerprint density at radius 2 is 2.19 bits per heavy atom. The molecule has 1 heterocycles. The van der Waals surface area contributed by atoms with Crippen LogP contribution in [0.3, 0.4) is 0 Å². The molecule has 0 bridgehead atoms. The molecule has 4 atom stereocenters. The smallest absolute Gasteiger partial charge is 0.0724 e. The van der Waals surface area contributed by atoms with Gasteiger partial charge in [0.1, 0.15) is 0 Å². The van der Waals surface area contributed by atoms with E-state index in [1.165, 1.54) is 45.2 Å². The van der Waals surface area contributed by atoms with Gasteiger partial charge in [0.25, 0.3) is 0 Å². The Labute approximate surface area is 99.3 Å². The van der Waals surface area contributed by atoms with Crippen molar-refractivity contribution in [3.8, 4) is 0 Å². The standard InChI is InChI=1S/C13H26N2O/c1-10-8-11(6-7-14-10)9-15-12-4-3-5-13(12)16-2/h10-15H,3-9H2,1-2H3. The number of hydrogen-bond donors (Lipinski definition) is 2. The third-order valence-corrected chi connectivity index (χ3v) is 4.16. The first kappa shape index (κ1) is 12.3. The van der Waals surface area contributed by atoms with E-state index in [4.69, 9.17) is 4.74 Å². The number of hydrogen-bond acceptors (Lipinski definition) is 3. The lowest BCUT2D eigenvalue weighted by molar-refractivity contribution is 0.0829. The molecule has 0 radical (unpaired) electrons. The topological polar surface area (TPSA) is 33.3 Å². The van der Waals surface area contributed by atoms with Crippen molar-refractivity contribution < 1.29 is 4.74 Å². The van der Waals surface area contributed by atoms with Crippen molar-refractivity contribution in [2.24, 2.45) is 5.92 Å². The minimum absolute atomic E-state index is 0.458. The van der Waals surface area contributed by atoms with Gasteiger partial charge in [-0.15, -0.1) is 0 Å². The van der Waals surface area contributed by atoms with Gasteiger partial charge in [-0.1, -0.05) is 0 Å². The zero-order valence-corrected chi connectivity index (χ0v) is 10.7. The molecule has 2 aliphatic rings. The molecule has 3 nitrogen and oxygen atoms in total. The lowest BCUT2D eigenvalue weighted by atomic mass is 9.93. The fraction of sp³-hybridized carbons (Fsp3) is 1.00. The summed E-state index contributed by atoms with van der Waals surface area (Å²) in [6, 6.07) is 1.30. The van der Waals surface area contributed by atoms with Gasteiger partial charge in [-0.3, -0.25) is 0 Å². The molecular formula is C13H26N2O. The normalized spacial score (nSPS) is 40.1. The van der Waals surface area contributed by atoms with Gasteiger partial charge in [0.15, 0.2) is 0 Å². The molecule has 16 heavy (non-hydrogen) atoms. The molecule has 0 amide bonds. The van der Waals surface area contributed by atoms with Gasteiger partial charge in [0.2, 0.25) is 0 Å². The minimum atomic E-state index is 0.458. The van der Waals surface area contributed by atoms with Crippen LogP contribution < -0.4 is 10.6 Å². The Morgan fingerprint density at radius 3 is 2.94 bits per heavy atom. The fourth-order valence-electron chi connectivity index (χ4n) is 3.18. The summed E-state index contributed by atoms with van der Waals surface area (Å²) in [7, 11) is 1.84. The molecule has 1 saturated carbocycles. The maximum absolute atomic E-state index is 5.51. The molecule has 0 aromatic rings. The van der Waals surface area contributed by atoms with E-state index in [2.05, 4.69) is 17.6 Å². The predicted molar refractivity (Wildman–Crippen MR) is 66.6 cm³/mol. The molecule has 1 aliphatic carbocycles. The number of ether oxygens (including phenoxy) is 1. The molecule has 2 N–H and O–H groups in total. The molecule has 4 unspecified atom stereocenters. The van der Waals surface area contributed by atoms with E-state index < -0.39 is 0 Å². The predicted octanol–water partition coefficient (Wildman–Crippen LogP) is 1.53. The largest absolute Gasteiger partial charge is 0.380 e. The lowest BCUT2D eigenvalue weighted by Gasteiger charge is -2.30. The zero-order chi connectivity index (χ0) is 11.4. The van der Waals surface area contributed by atoms with Crippen LogP contribution in [0, 0.1) is 5.92 Å². The molecule has 0 spiro atoms. The van der Waals surface area contributed by atoms with Crippen molar-refractivity contribution >= 4 is 0 Å². The zero-order valence-electron chi connectivity index (χ0n) is 10.7. The lowest BCUT2D eigenvalue weighted by Crippen LogP contribution is -2.43. The summed E-state index contributed by atoms with van der Waals surface area (Å²) in [5.41, 5.74) is 0. The summed E-state index contributed by atoms with van der Waals surface area (Å²) in [6.07, 6.45) is 6.94.